The van der Waals surface area contributed by atoms with Gasteiger partial charge in [0.1, 0.15) is 0 Å². The fourth-order valence-corrected chi connectivity index (χ4v) is 4.47. The molecule has 5 aromatic carbocycles. The molecule has 0 radical (unpaired) electrons. The number of aromatic carboxylic acids is 1. The lowest BCUT2D eigenvalue weighted by Gasteiger charge is -2.17. The first kappa shape index (κ1) is 18.4. The van der Waals surface area contributed by atoms with Gasteiger partial charge >= 0.3 is 11.9 Å². The number of carboxylic acids is 1. The molecule has 0 aromatic heterocycles. The molecule has 0 heterocycles. The summed E-state index contributed by atoms with van der Waals surface area (Å²) in [7, 11) is 0. The second kappa shape index (κ2) is 6.99. The molecule has 0 unspecified atom stereocenters. The summed E-state index contributed by atoms with van der Waals surface area (Å²) in [6.07, 6.45) is 1.69. The quantitative estimate of drug-likeness (QED) is 0.162. The Hall–Kier alpha value is -3.66. The Balaban J connectivity index is 1.94. The molecule has 0 bridgehead atoms. The Morgan fingerprint density at radius 2 is 1.37 bits per heavy atom. The molecule has 0 fully saturated rings. The number of carboxylic acid groups (broad SMARTS) is 1. The van der Waals surface area contributed by atoms with E-state index in [1.54, 1.807) is 12.1 Å². The highest BCUT2D eigenvalue weighted by Crippen LogP contribution is 2.42. The molecule has 0 aliphatic rings. The van der Waals surface area contributed by atoms with E-state index in [9.17, 15) is 14.7 Å². The molecule has 0 atom stereocenters. The number of ether oxygens (including phenoxy) is 1. The Bertz CT molecular complexity index is 1400. The van der Waals surface area contributed by atoms with Crippen molar-refractivity contribution in [2.24, 2.45) is 0 Å². The van der Waals surface area contributed by atoms with E-state index < -0.39 is 11.9 Å². The van der Waals surface area contributed by atoms with Crippen LogP contribution in [0.5, 0.6) is 0 Å². The highest BCUT2D eigenvalue weighted by molar-refractivity contribution is 6.35. The number of benzene rings is 5. The molecular weight excluding hydrogens is 376 g/mol. The van der Waals surface area contributed by atoms with Crippen molar-refractivity contribution in [2.45, 2.75) is 19.8 Å². The lowest BCUT2D eigenvalue weighted by Crippen LogP contribution is -2.10. The van der Waals surface area contributed by atoms with Crippen molar-refractivity contribution >= 4 is 55.0 Å². The van der Waals surface area contributed by atoms with Gasteiger partial charge in [-0.25, -0.2) is 9.59 Å². The maximum Gasteiger partial charge on any atom is 0.338 e. The highest BCUT2D eigenvalue weighted by Gasteiger charge is 2.22. The first-order valence-electron chi connectivity index (χ1n) is 10.1. The summed E-state index contributed by atoms with van der Waals surface area (Å²) >= 11 is 0. The number of hydrogen-bond acceptors (Lipinski definition) is 3. The number of unbranched alkanes of at least 4 members (excludes halogenated alkanes) is 1. The smallest absolute Gasteiger partial charge is 0.338 e. The van der Waals surface area contributed by atoms with Crippen LogP contribution in [-0.2, 0) is 4.74 Å². The molecule has 1 N–H and O–H groups in total. The second-order valence-corrected chi connectivity index (χ2v) is 7.58. The lowest BCUT2D eigenvalue weighted by atomic mass is 9.86. The molecule has 30 heavy (non-hydrogen) atoms. The highest BCUT2D eigenvalue weighted by atomic mass is 16.5. The van der Waals surface area contributed by atoms with Crippen molar-refractivity contribution in [3.05, 3.63) is 71.8 Å². The van der Waals surface area contributed by atoms with Crippen molar-refractivity contribution < 1.29 is 19.4 Å². The van der Waals surface area contributed by atoms with Gasteiger partial charge in [0, 0.05) is 5.39 Å². The summed E-state index contributed by atoms with van der Waals surface area (Å²) in [6, 6.07) is 19.3. The van der Waals surface area contributed by atoms with Gasteiger partial charge in [-0.15, -0.1) is 0 Å². The summed E-state index contributed by atoms with van der Waals surface area (Å²) in [4.78, 5) is 24.9. The van der Waals surface area contributed by atoms with Crippen molar-refractivity contribution in [1.82, 2.24) is 0 Å². The van der Waals surface area contributed by atoms with E-state index in [-0.39, 0.29) is 5.56 Å². The molecule has 0 saturated heterocycles. The monoisotopic (exact) mass is 396 g/mol. The van der Waals surface area contributed by atoms with E-state index in [1.807, 2.05) is 31.2 Å². The zero-order valence-corrected chi connectivity index (χ0v) is 16.6. The summed E-state index contributed by atoms with van der Waals surface area (Å²) in [5.41, 5.74) is 0.417. The average Bonchev–Trinajstić information content (AvgIpc) is 2.76. The Kier molecular flexibility index (Phi) is 4.28. The molecule has 0 aliphatic heterocycles. The van der Waals surface area contributed by atoms with E-state index in [2.05, 4.69) is 24.3 Å². The van der Waals surface area contributed by atoms with Crippen LogP contribution in [0, 0.1) is 0 Å². The molecule has 148 valence electrons. The van der Waals surface area contributed by atoms with Gasteiger partial charge in [-0.3, -0.25) is 0 Å². The maximum atomic E-state index is 12.9. The SMILES string of the molecule is CCCCOC(=O)c1ccc2c3cccc4cccc(c5ccc(C(=O)O)c1c52)c43. The minimum atomic E-state index is -1.06. The molecule has 0 amide bonds. The van der Waals surface area contributed by atoms with E-state index in [0.717, 1.165) is 50.5 Å². The first-order chi connectivity index (χ1) is 14.6. The van der Waals surface area contributed by atoms with Gasteiger partial charge in [0.05, 0.1) is 17.7 Å². The maximum absolute atomic E-state index is 12.9. The lowest BCUT2D eigenvalue weighted by molar-refractivity contribution is 0.0502. The van der Waals surface area contributed by atoms with Gasteiger partial charge in [0.15, 0.2) is 0 Å². The van der Waals surface area contributed by atoms with Gasteiger partial charge in [-0.2, -0.15) is 0 Å². The first-order valence-corrected chi connectivity index (χ1v) is 10.1. The predicted molar refractivity (Wildman–Crippen MR) is 120 cm³/mol. The Morgan fingerprint density at radius 1 is 0.767 bits per heavy atom. The topological polar surface area (TPSA) is 63.6 Å². The number of fused-ring (bicyclic) bond motifs is 2. The van der Waals surface area contributed by atoms with Gasteiger partial charge in [-0.1, -0.05) is 61.9 Å². The van der Waals surface area contributed by atoms with Gasteiger partial charge < -0.3 is 9.84 Å². The molecule has 5 aromatic rings. The van der Waals surface area contributed by atoms with Crippen LogP contribution >= 0.6 is 0 Å². The normalized spacial score (nSPS) is 11.6. The molecule has 0 aliphatic carbocycles. The van der Waals surface area contributed by atoms with Gasteiger partial charge in [-0.05, 0) is 56.3 Å². The number of hydrogen-bond donors (Lipinski definition) is 1. The standard InChI is InChI=1S/C26H20O4/c1-2-3-14-30-26(29)21-13-11-19-17-9-5-7-15-6-4-8-16(22(15)17)18-10-12-20(25(27)28)24(21)23(18)19/h4-13H,2-3,14H2,1H3,(H,27,28). The zero-order valence-electron chi connectivity index (χ0n) is 16.6. The molecular formula is C26H20O4. The van der Waals surface area contributed by atoms with Crippen LogP contribution in [0.2, 0.25) is 0 Å². The van der Waals surface area contributed by atoms with Crippen molar-refractivity contribution in [3.63, 3.8) is 0 Å². The van der Waals surface area contributed by atoms with Crippen LogP contribution in [0.3, 0.4) is 0 Å². The van der Waals surface area contributed by atoms with E-state index >= 15 is 0 Å². The third-order valence-electron chi connectivity index (χ3n) is 5.83. The number of rotatable bonds is 5. The van der Waals surface area contributed by atoms with E-state index in [1.165, 1.54) is 0 Å². The zero-order chi connectivity index (χ0) is 20.8. The fraction of sp³-hybridized carbons (Fsp3) is 0.154. The van der Waals surface area contributed by atoms with Crippen LogP contribution < -0.4 is 0 Å². The summed E-state index contributed by atoms with van der Waals surface area (Å²) in [5.74, 6) is -1.54. The summed E-state index contributed by atoms with van der Waals surface area (Å²) in [6.45, 7) is 2.35. The molecule has 4 nitrogen and oxygen atoms in total. The predicted octanol–water partition coefficient (Wildman–Crippen LogP) is 6.39. The summed E-state index contributed by atoms with van der Waals surface area (Å²) < 4.78 is 5.44. The third-order valence-corrected chi connectivity index (χ3v) is 5.83. The van der Waals surface area contributed by atoms with Gasteiger partial charge in [0.2, 0.25) is 0 Å². The molecule has 0 spiro atoms. The van der Waals surface area contributed by atoms with Crippen LogP contribution in [0.1, 0.15) is 40.5 Å². The van der Waals surface area contributed by atoms with Crippen LogP contribution in [0.25, 0.3) is 43.1 Å². The van der Waals surface area contributed by atoms with Crippen molar-refractivity contribution in [3.8, 4) is 0 Å². The number of carbonyl (C=O) groups is 2. The van der Waals surface area contributed by atoms with Crippen molar-refractivity contribution in [2.75, 3.05) is 6.61 Å². The fourth-order valence-electron chi connectivity index (χ4n) is 4.47. The number of carbonyl (C=O) groups excluding carboxylic acids is 1. The van der Waals surface area contributed by atoms with E-state index in [0.29, 0.717) is 17.6 Å². The van der Waals surface area contributed by atoms with E-state index in [4.69, 9.17) is 4.74 Å². The summed E-state index contributed by atoms with van der Waals surface area (Å²) in [5, 5.41) is 17.4. The Morgan fingerprint density at radius 3 is 1.97 bits per heavy atom. The number of esters is 1. The average molecular weight is 396 g/mol. The minimum absolute atomic E-state index is 0.115. The second-order valence-electron chi connectivity index (χ2n) is 7.58. The van der Waals surface area contributed by atoms with Crippen LogP contribution in [-0.4, -0.2) is 23.7 Å². The van der Waals surface area contributed by atoms with Crippen LogP contribution in [0.15, 0.2) is 60.7 Å². The third kappa shape index (κ3) is 2.61. The molecule has 5 rings (SSSR count). The Labute approximate surface area is 173 Å². The molecule has 4 heteroatoms. The largest absolute Gasteiger partial charge is 0.478 e. The molecule has 0 saturated carbocycles. The van der Waals surface area contributed by atoms with Gasteiger partial charge in [0.25, 0.3) is 0 Å². The van der Waals surface area contributed by atoms with Crippen LogP contribution in [0.4, 0.5) is 0 Å². The minimum Gasteiger partial charge on any atom is -0.478 e. The van der Waals surface area contributed by atoms with Crippen molar-refractivity contribution in [1.29, 1.82) is 0 Å².